The summed E-state index contributed by atoms with van der Waals surface area (Å²) in [6.45, 7) is 10.8. The van der Waals surface area contributed by atoms with E-state index in [1.54, 1.807) is 11.3 Å². The van der Waals surface area contributed by atoms with Crippen molar-refractivity contribution in [3.63, 3.8) is 0 Å². The molecule has 0 amide bonds. The van der Waals surface area contributed by atoms with E-state index in [9.17, 15) is 0 Å². The van der Waals surface area contributed by atoms with Gasteiger partial charge in [-0.25, -0.2) is 4.98 Å². The summed E-state index contributed by atoms with van der Waals surface area (Å²) in [4.78, 5) is 9.66. The summed E-state index contributed by atoms with van der Waals surface area (Å²) in [6, 6.07) is 0.707. The van der Waals surface area contributed by atoms with E-state index in [0.29, 0.717) is 6.04 Å². The zero-order valence-corrected chi connectivity index (χ0v) is 15.0. The number of rotatable bonds is 5. The van der Waals surface area contributed by atoms with Crippen LogP contribution < -0.4 is 5.32 Å². The third-order valence-corrected chi connectivity index (χ3v) is 4.99. The van der Waals surface area contributed by atoms with Crippen LogP contribution >= 0.6 is 11.3 Å². The van der Waals surface area contributed by atoms with E-state index in [4.69, 9.17) is 4.98 Å². The summed E-state index contributed by atoms with van der Waals surface area (Å²) < 4.78 is 0. The number of aromatic nitrogens is 1. The van der Waals surface area contributed by atoms with Gasteiger partial charge in [-0.05, 0) is 60.8 Å². The van der Waals surface area contributed by atoms with Gasteiger partial charge in [0, 0.05) is 30.1 Å². The largest absolute Gasteiger partial charge is 0.306 e. The van der Waals surface area contributed by atoms with Gasteiger partial charge < -0.3 is 10.2 Å². The molecule has 0 radical (unpaired) electrons. The van der Waals surface area contributed by atoms with E-state index in [2.05, 4.69) is 55.4 Å². The molecule has 1 fully saturated rings. The molecule has 1 N–H and O–H groups in total. The number of nitrogens with one attached hydrogen (secondary N) is 1. The summed E-state index contributed by atoms with van der Waals surface area (Å²) in [5.74, 6) is 0. The highest BCUT2D eigenvalue weighted by molar-refractivity contribution is 7.09. The van der Waals surface area contributed by atoms with Crippen LogP contribution in [-0.4, -0.2) is 53.5 Å². The first-order chi connectivity index (χ1) is 9.83. The number of hydrogen-bond donors (Lipinski definition) is 1. The first-order valence-electron chi connectivity index (χ1n) is 7.90. The molecule has 1 aromatic heterocycles. The van der Waals surface area contributed by atoms with Crippen molar-refractivity contribution in [2.75, 3.05) is 27.2 Å². The molecule has 21 heavy (non-hydrogen) atoms. The normalized spacial score (nSPS) is 18.6. The number of piperidine rings is 1. The quantitative estimate of drug-likeness (QED) is 0.906. The summed E-state index contributed by atoms with van der Waals surface area (Å²) in [7, 11) is 4.45. The molecular weight excluding hydrogens is 280 g/mol. The van der Waals surface area contributed by atoms with Gasteiger partial charge in [0.1, 0.15) is 5.01 Å². The fourth-order valence-electron chi connectivity index (χ4n) is 2.66. The Kier molecular flexibility index (Phi) is 5.77. The summed E-state index contributed by atoms with van der Waals surface area (Å²) in [5, 5.41) is 6.91. The van der Waals surface area contributed by atoms with Gasteiger partial charge in [0.05, 0.1) is 5.69 Å². The van der Waals surface area contributed by atoms with Gasteiger partial charge in [-0.1, -0.05) is 0 Å². The molecule has 0 atom stereocenters. The molecule has 0 aliphatic carbocycles. The zero-order valence-electron chi connectivity index (χ0n) is 14.1. The van der Waals surface area contributed by atoms with E-state index in [1.807, 2.05) is 0 Å². The summed E-state index contributed by atoms with van der Waals surface area (Å²) in [6.07, 6.45) is 2.55. The minimum absolute atomic E-state index is 0.150. The maximum absolute atomic E-state index is 4.77. The van der Waals surface area contributed by atoms with Crippen LogP contribution in [-0.2, 0) is 13.1 Å². The van der Waals surface area contributed by atoms with E-state index >= 15 is 0 Å². The van der Waals surface area contributed by atoms with Crippen LogP contribution in [0.15, 0.2) is 5.38 Å². The molecule has 1 aliphatic heterocycles. The van der Waals surface area contributed by atoms with Gasteiger partial charge in [0.2, 0.25) is 0 Å². The van der Waals surface area contributed by atoms with Crippen molar-refractivity contribution in [1.29, 1.82) is 0 Å². The van der Waals surface area contributed by atoms with Gasteiger partial charge in [-0.2, -0.15) is 0 Å². The van der Waals surface area contributed by atoms with Crippen molar-refractivity contribution < 1.29 is 0 Å². The van der Waals surface area contributed by atoms with Gasteiger partial charge >= 0.3 is 0 Å². The molecule has 0 bridgehead atoms. The molecular formula is C16H30N4S. The lowest BCUT2D eigenvalue weighted by atomic mass is 10.0. The number of nitrogens with zero attached hydrogens (tertiary/aromatic N) is 3. The number of hydrogen-bond acceptors (Lipinski definition) is 5. The Morgan fingerprint density at radius 2 is 2.05 bits per heavy atom. The molecule has 0 spiro atoms. The van der Waals surface area contributed by atoms with Crippen molar-refractivity contribution in [2.24, 2.45) is 0 Å². The Bertz CT molecular complexity index is 430. The van der Waals surface area contributed by atoms with Crippen LogP contribution in [0.2, 0.25) is 0 Å². The van der Waals surface area contributed by atoms with Crippen LogP contribution in [0.3, 0.4) is 0 Å². The molecule has 120 valence electrons. The number of thiazole rings is 1. The Balaban J connectivity index is 1.81. The lowest BCUT2D eigenvalue weighted by Gasteiger charge is -2.34. The molecule has 0 saturated carbocycles. The Morgan fingerprint density at radius 3 is 2.67 bits per heavy atom. The van der Waals surface area contributed by atoms with Crippen LogP contribution in [0.4, 0.5) is 0 Å². The molecule has 0 unspecified atom stereocenters. The fraction of sp³-hybridized carbons (Fsp3) is 0.812. The van der Waals surface area contributed by atoms with E-state index in [1.165, 1.54) is 36.6 Å². The predicted octanol–water partition coefficient (Wildman–Crippen LogP) is 2.56. The molecule has 0 aromatic carbocycles. The second-order valence-corrected chi connectivity index (χ2v) is 8.23. The van der Waals surface area contributed by atoms with Crippen molar-refractivity contribution in [3.05, 3.63) is 16.1 Å². The van der Waals surface area contributed by atoms with Crippen LogP contribution in [0.25, 0.3) is 0 Å². The Hall–Kier alpha value is -0.490. The van der Waals surface area contributed by atoms with Crippen molar-refractivity contribution >= 4 is 11.3 Å². The zero-order chi connectivity index (χ0) is 15.5. The first-order valence-corrected chi connectivity index (χ1v) is 8.78. The molecule has 5 heteroatoms. The summed E-state index contributed by atoms with van der Waals surface area (Å²) >= 11 is 1.77. The van der Waals surface area contributed by atoms with E-state index in [-0.39, 0.29) is 5.54 Å². The van der Waals surface area contributed by atoms with Crippen LogP contribution in [0, 0.1) is 0 Å². The maximum atomic E-state index is 4.77. The second kappa shape index (κ2) is 7.18. The van der Waals surface area contributed by atoms with Gasteiger partial charge in [0.25, 0.3) is 0 Å². The molecule has 4 nitrogen and oxygen atoms in total. The molecule has 1 aromatic rings. The van der Waals surface area contributed by atoms with Crippen LogP contribution in [0.1, 0.15) is 44.3 Å². The average Bonchev–Trinajstić information content (AvgIpc) is 2.84. The third kappa shape index (κ3) is 5.66. The molecule has 2 heterocycles. The fourth-order valence-corrected chi connectivity index (χ4v) is 3.39. The van der Waals surface area contributed by atoms with Crippen LogP contribution in [0.5, 0.6) is 0 Å². The monoisotopic (exact) mass is 310 g/mol. The lowest BCUT2D eigenvalue weighted by molar-refractivity contribution is 0.138. The average molecular weight is 311 g/mol. The topological polar surface area (TPSA) is 31.4 Å². The molecule has 2 rings (SSSR count). The lowest BCUT2D eigenvalue weighted by Crippen LogP contribution is -2.41. The molecule has 1 saturated heterocycles. The highest BCUT2D eigenvalue weighted by atomic mass is 32.1. The van der Waals surface area contributed by atoms with Gasteiger partial charge in [0.15, 0.2) is 0 Å². The van der Waals surface area contributed by atoms with Gasteiger partial charge in [-0.15, -0.1) is 11.3 Å². The smallest absolute Gasteiger partial charge is 0.107 e. The first kappa shape index (κ1) is 16.9. The van der Waals surface area contributed by atoms with Crippen molar-refractivity contribution in [3.8, 4) is 0 Å². The SMILES string of the molecule is CN1CCC(N(C)Cc2csc(CNC(C)(C)C)n2)CC1. The Labute approximate surface area is 133 Å². The maximum Gasteiger partial charge on any atom is 0.107 e. The highest BCUT2D eigenvalue weighted by Gasteiger charge is 2.21. The standard InChI is InChI=1S/C16H30N4S/c1-16(2,3)17-10-15-18-13(12-21-15)11-20(5)14-6-8-19(4)9-7-14/h12,14,17H,6-11H2,1-5H3. The second-order valence-electron chi connectivity index (χ2n) is 7.29. The van der Waals surface area contributed by atoms with Crippen molar-refractivity contribution in [2.45, 2.75) is 58.3 Å². The predicted molar refractivity (Wildman–Crippen MR) is 90.7 cm³/mol. The molecule has 1 aliphatic rings. The minimum Gasteiger partial charge on any atom is -0.306 e. The minimum atomic E-state index is 0.150. The highest BCUT2D eigenvalue weighted by Crippen LogP contribution is 2.18. The number of likely N-dealkylation sites (tertiary alicyclic amines) is 1. The van der Waals surface area contributed by atoms with E-state index in [0.717, 1.165) is 13.1 Å². The Morgan fingerprint density at radius 1 is 1.38 bits per heavy atom. The third-order valence-electron chi connectivity index (χ3n) is 4.09. The summed E-state index contributed by atoms with van der Waals surface area (Å²) in [5.41, 5.74) is 1.36. The van der Waals surface area contributed by atoms with E-state index < -0.39 is 0 Å². The van der Waals surface area contributed by atoms with Crippen molar-refractivity contribution in [1.82, 2.24) is 20.1 Å². The van der Waals surface area contributed by atoms with Gasteiger partial charge in [-0.3, -0.25) is 4.90 Å².